The highest BCUT2D eigenvalue weighted by molar-refractivity contribution is 7.53. The first-order valence-electron chi connectivity index (χ1n) is 3.41. The lowest BCUT2D eigenvalue weighted by Crippen LogP contribution is -2.15. The highest BCUT2D eigenvalue weighted by Gasteiger charge is 2.24. The van der Waals surface area contributed by atoms with E-state index in [1.807, 2.05) is 0 Å². The molecule has 0 aliphatic heterocycles. The van der Waals surface area contributed by atoms with Crippen LogP contribution in [0.5, 0.6) is 0 Å². The SMILES string of the molecule is NCP(=O)(OCC(=O)O)OCC(=O)O. The zero-order chi connectivity index (χ0) is 11.2. The first-order chi connectivity index (χ1) is 6.39. The summed E-state index contributed by atoms with van der Waals surface area (Å²) < 4.78 is 20.0. The summed E-state index contributed by atoms with van der Waals surface area (Å²) in [5, 5.41) is 16.4. The van der Waals surface area contributed by atoms with Crippen molar-refractivity contribution >= 4 is 19.5 Å². The summed E-state index contributed by atoms with van der Waals surface area (Å²) >= 11 is 0. The molecule has 0 atom stereocenters. The van der Waals surface area contributed by atoms with E-state index < -0.39 is 39.0 Å². The number of carboxylic acids is 2. The fourth-order valence-corrected chi connectivity index (χ4v) is 1.35. The van der Waals surface area contributed by atoms with E-state index in [2.05, 4.69) is 9.05 Å². The van der Waals surface area contributed by atoms with Gasteiger partial charge in [-0.15, -0.1) is 0 Å². The van der Waals surface area contributed by atoms with Gasteiger partial charge in [0, 0.05) is 0 Å². The van der Waals surface area contributed by atoms with Gasteiger partial charge in [0.05, 0.1) is 6.29 Å². The van der Waals surface area contributed by atoms with E-state index in [4.69, 9.17) is 15.9 Å². The maximum Gasteiger partial charge on any atom is 0.345 e. The van der Waals surface area contributed by atoms with Gasteiger partial charge in [-0.1, -0.05) is 0 Å². The lowest BCUT2D eigenvalue weighted by atomic mass is 10.8. The van der Waals surface area contributed by atoms with Gasteiger partial charge in [0.25, 0.3) is 0 Å². The second-order valence-electron chi connectivity index (χ2n) is 2.13. The van der Waals surface area contributed by atoms with Crippen LogP contribution in [0.4, 0.5) is 0 Å². The zero-order valence-electron chi connectivity index (χ0n) is 7.08. The van der Waals surface area contributed by atoms with Crippen molar-refractivity contribution in [3.63, 3.8) is 0 Å². The third kappa shape index (κ3) is 5.65. The summed E-state index contributed by atoms with van der Waals surface area (Å²) in [5.74, 6) is -2.70. The number of hydrogen-bond acceptors (Lipinski definition) is 6. The van der Waals surface area contributed by atoms with E-state index >= 15 is 0 Å². The summed E-state index contributed by atoms with van der Waals surface area (Å²) in [5.41, 5.74) is 4.98. The van der Waals surface area contributed by atoms with Crippen LogP contribution < -0.4 is 5.73 Å². The highest BCUT2D eigenvalue weighted by Crippen LogP contribution is 2.45. The van der Waals surface area contributed by atoms with Gasteiger partial charge >= 0.3 is 19.5 Å². The van der Waals surface area contributed by atoms with E-state index in [-0.39, 0.29) is 0 Å². The Morgan fingerprint density at radius 3 is 1.71 bits per heavy atom. The molecule has 0 aromatic rings. The fourth-order valence-electron chi connectivity index (χ4n) is 0.450. The van der Waals surface area contributed by atoms with Crippen LogP contribution in [-0.4, -0.2) is 41.7 Å². The quantitative estimate of drug-likeness (QED) is 0.485. The number of carboxylic acid groups (broad SMARTS) is 2. The molecule has 8 nitrogen and oxygen atoms in total. The Morgan fingerprint density at radius 2 is 1.50 bits per heavy atom. The molecule has 0 saturated heterocycles. The lowest BCUT2D eigenvalue weighted by molar-refractivity contribution is -0.140. The van der Waals surface area contributed by atoms with E-state index in [1.165, 1.54) is 0 Å². The van der Waals surface area contributed by atoms with Crippen molar-refractivity contribution in [3.05, 3.63) is 0 Å². The van der Waals surface area contributed by atoms with Crippen LogP contribution in [0.2, 0.25) is 0 Å². The minimum absolute atomic E-state index is 0.576. The number of nitrogens with two attached hydrogens (primary N) is 1. The molecule has 0 aliphatic carbocycles. The third-order valence-electron chi connectivity index (χ3n) is 0.993. The molecule has 0 saturated carbocycles. The van der Waals surface area contributed by atoms with Gasteiger partial charge in [-0.2, -0.15) is 0 Å². The molecule has 0 radical (unpaired) electrons. The standard InChI is InChI=1S/C5H10NO7P/c6-3-14(11,12-1-4(7)8)13-2-5(9)10/h1-3,6H2,(H,7,8)(H,9,10). The number of rotatable bonds is 7. The molecule has 0 unspecified atom stereocenters. The molecule has 4 N–H and O–H groups in total. The van der Waals surface area contributed by atoms with Crippen LogP contribution in [0.3, 0.4) is 0 Å². The van der Waals surface area contributed by atoms with Gasteiger partial charge in [0.2, 0.25) is 0 Å². The molecular formula is C5H10NO7P. The van der Waals surface area contributed by atoms with E-state index in [1.54, 1.807) is 0 Å². The molecule has 0 aliphatic rings. The molecule has 0 bridgehead atoms. The molecule has 0 rings (SSSR count). The Labute approximate surface area is 79.1 Å². The number of hydrogen-bond donors (Lipinski definition) is 3. The van der Waals surface area contributed by atoms with Crippen molar-refractivity contribution in [2.75, 3.05) is 19.5 Å². The first kappa shape index (κ1) is 13.1. The van der Waals surface area contributed by atoms with Crippen LogP contribution in [0.1, 0.15) is 0 Å². The first-order valence-corrected chi connectivity index (χ1v) is 5.14. The Hall–Kier alpha value is -0.950. The Kier molecular flexibility index (Phi) is 5.32. The van der Waals surface area contributed by atoms with Crippen molar-refractivity contribution in [1.29, 1.82) is 0 Å². The van der Waals surface area contributed by atoms with E-state index in [9.17, 15) is 14.2 Å². The molecule has 0 amide bonds. The van der Waals surface area contributed by atoms with Crippen LogP contribution in [0, 0.1) is 0 Å². The normalized spacial score (nSPS) is 11.2. The van der Waals surface area contributed by atoms with Gasteiger partial charge in [-0.05, 0) is 0 Å². The van der Waals surface area contributed by atoms with Crippen LogP contribution in [0.25, 0.3) is 0 Å². The molecule has 0 spiro atoms. The highest BCUT2D eigenvalue weighted by atomic mass is 31.2. The van der Waals surface area contributed by atoms with Gasteiger partial charge in [-0.25, -0.2) is 9.59 Å². The maximum atomic E-state index is 11.3. The summed E-state index contributed by atoms with van der Waals surface area (Å²) in [4.78, 5) is 20.1. The van der Waals surface area contributed by atoms with Crippen molar-refractivity contribution in [2.24, 2.45) is 5.73 Å². The topological polar surface area (TPSA) is 136 Å². The van der Waals surface area contributed by atoms with Crippen molar-refractivity contribution < 1.29 is 33.4 Å². The average Bonchev–Trinajstić information content (AvgIpc) is 2.11. The fraction of sp³-hybridized carbons (Fsp3) is 0.600. The Bertz CT molecular complexity index is 243. The monoisotopic (exact) mass is 227 g/mol. The van der Waals surface area contributed by atoms with Gasteiger partial charge in [-0.3, -0.25) is 13.6 Å². The van der Waals surface area contributed by atoms with Crippen LogP contribution in [-0.2, 0) is 23.2 Å². The predicted molar refractivity (Wildman–Crippen MR) is 43.8 cm³/mol. The smallest absolute Gasteiger partial charge is 0.345 e. The van der Waals surface area contributed by atoms with Crippen molar-refractivity contribution in [3.8, 4) is 0 Å². The predicted octanol–water partition coefficient (Wildman–Crippen LogP) is -0.702. The van der Waals surface area contributed by atoms with Crippen molar-refractivity contribution in [1.82, 2.24) is 0 Å². The Morgan fingerprint density at radius 1 is 1.14 bits per heavy atom. The number of aliphatic carboxylic acids is 2. The zero-order valence-corrected chi connectivity index (χ0v) is 7.98. The van der Waals surface area contributed by atoms with Gasteiger partial charge in [0.15, 0.2) is 13.2 Å². The molecule has 0 aromatic heterocycles. The molecule has 0 aromatic carbocycles. The molecule has 0 fully saturated rings. The molecule has 82 valence electrons. The minimum atomic E-state index is -3.79. The summed E-state index contributed by atoms with van der Waals surface area (Å²) in [6.07, 6.45) is -0.576. The molecule has 9 heteroatoms. The van der Waals surface area contributed by atoms with Crippen LogP contribution >= 0.6 is 7.60 Å². The van der Waals surface area contributed by atoms with Crippen molar-refractivity contribution in [2.45, 2.75) is 0 Å². The lowest BCUT2D eigenvalue weighted by Gasteiger charge is -2.13. The number of carbonyl (C=O) groups is 2. The second kappa shape index (κ2) is 5.71. The molecular weight excluding hydrogens is 217 g/mol. The third-order valence-corrected chi connectivity index (χ3v) is 2.49. The second-order valence-corrected chi connectivity index (χ2v) is 4.23. The van der Waals surface area contributed by atoms with Crippen LogP contribution in [0.15, 0.2) is 0 Å². The summed E-state index contributed by atoms with van der Waals surface area (Å²) in [6.45, 7) is -1.71. The van der Waals surface area contributed by atoms with Gasteiger partial charge < -0.3 is 15.9 Å². The van der Waals surface area contributed by atoms with Gasteiger partial charge in [0.1, 0.15) is 0 Å². The summed E-state index contributed by atoms with van der Waals surface area (Å²) in [6, 6.07) is 0. The van der Waals surface area contributed by atoms with E-state index in [0.29, 0.717) is 0 Å². The average molecular weight is 227 g/mol. The van der Waals surface area contributed by atoms with E-state index in [0.717, 1.165) is 0 Å². The minimum Gasteiger partial charge on any atom is -0.480 e. The largest absolute Gasteiger partial charge is 0.480 e. The maximum absolute atomic E-state index is 11.3. The Balaban J connectivity index is 4.11. The summed E-state index contributed by atoms with van der Waals surface area (Å²) in [7, 11) is -3.79. The molecule has 14 heavy (non-hydrogen) atoms. The molecule has 0 heterocycles.